The number of thioether (sulfide) groups is 1. The van der Waals surface area contributed by atoms with Crippen molar-refractivity contribution in [3.05, 3.63) is 34.1 Å². The first-order valence-corrected chi connectivity index (χ1v) is 7.32. The van der Waals surface area contributed by atoms with E-state index < -0.39 is 0 Å². The van der Waals surface area contributed by atoms with E-state index in [1.54, 1.807) is 0 Å². The van der Waals surface area contributed by atoms with Gasteiger partial charge in [-0.05, 0) is 42.7 Å². The van der Waals surface area contributed by atoms with Gasteiger partial charge in [-0.15, -0.1) is 0 Å². The number of benzene rings is 1. The van der Waals surface area contributed by atoms with Crippen molar-refractivity contribution in [2.24, 2.45) is 5.73 Å². The average molecular weight is 304 g/mol. The van der Waals surface area contributed by atoms with Gasteiger partial charge in [0.15, 0.2) is 0 Å². The zero-order valence-corrected chi connectivity index (χ0v) is 11.4. The Bertz CT molecular complexity index is 366. The predicted molar refractivity (Wildman–Crippen MR) is 71.3 cm³/mol. The Morgan fingerprint density at radius 1 is 1.56 bits per heavy atom. The molecule has 0 bridgehead atoms. The standard InChI is InChI=1S/C12H15BrFNS/c13-10-7-9(14)4-3-8(10)6-11(15)12-2-1-5-16-12/h3-4,7,11-12H,1-2,5-6,15H2. The van der Waals surface area contributed by atoms with E-state index in [-0.39, 0.29) is 11.9 Å². The fraction of sp³-hybridized carbons (Fsp3) is 0.500. The topological polar surface area (TPSA) is 26.0 Å². The molecule has 0 saturated carbocycles. The first-order chi connectivity index (χ1) is 7.66. The molecule has 4 heteroatoms. The quantitative estimate of drug-likeness (QED) is 0.927. The molecule has 1 aliphatic heterocycles. The summed E-state index contributed by atoms with van der Waals surface area (Å²) in [5.74, 6) is 1.02. The number of halogens is 2. The van der Waals surface area contributed by atoms with Crippen molar-refractivity contribution < 1.29 is 4.39 Å². The minimum absolute atomic E-state index is 0.175. The molecule has 1 saturated heterocycles. The molecule has 0 aliphatic carbocycles. The molecule has 1 aromatic carbocycles. The van der Waals surface area contributed by atoms with Gasteiger partial charge in [-0.25, -0.2) is 4.39 Å². The van der Waals surface area contributed by atoms with Gasteiger partial charge in [0.1, 0.15) is 5.82 Å². The lowest BCUT2D eigenvalue weighted by molar-refractivity contribution is 0.602. The van der Waals surface area contributed by atoms with Crippen molar-refractivity contribution in [2.45, 2.75) is 30.6 Å². The maximum Gasteiger partial charge on any atom is 0.124 e. The zero-order chi connectivity index (χ0) is 11.5. The molecule has 0 aromatic heterocycles. The molecule has 2 unspecified atom stereocenters. The first-order valence-electron chi connectivity index (χ1n) is 5.48. The molecule has 1 aliphatic rings. The normalized spacial score (nSPS) is 22.3. The third kappa shape index (κ3) is 2.99. The average Bonchev–Trinajstić information content (AvgIpc) is 2.75. The molecule has 1 heterocycles. The third-order valence-electron chi connectivity index (χ3n) is 2.91. The smallest absolute Gasteiger partial charge is 0.124 e. The molecule has 0 amide bonds. The summed E-state index contributed by atoms with van der Waals surface area (Å²) in [6.07, 6.45) is 3.30. The van der Waals surface area contributed by atoms with Gasteiger partial charge in [-0.2, -0.15) is 11.8 Å². The van der Waals surface area contributed by atoms with Gasteiger partial charge in [-0.3, -0.25) is 0 Å². The van der Waals surface area contributed by atoms with Crippen LogP contribution in [0.2, 0.25) is 0 Å². The summed E-state index contributed by atoms with van der Waals surface area (Å²) in [6.45, 7) is 0. The molecular weight excluding hydrogens is 289 g/mol. The van der Waals surface area contributed by atoms with Crippen LogP contribution in [0.25, 0.3) is 0 Å². The molecule has 1 fully saturated rings. The summed E-state index contributed by atoms with van der Waals surface area (Å²) >= 11 is 5.35. The molecule has 0 spiro atoms. The Labute approximate surface area is 108 Å². The van der Waals surface area contributed by atoms with Gasteiger partial charge in [0.2, 0.25) is 0 Å². The van der Waals surface area contributed by atoms with Crippen LogP contribution >= 0.6 is 27.7 Å². The molecule has 1 aromatic rings. The minimum Gasteiger partial charge on any atom is -0.326 e. The lowest BCUT2D eigenvalue weighted by Crippen LogP contribution is -2.33. The van der Waals surface area contributed by atoms with E-state index in [4.69, 9.17) is 5.73 Å². The molecule has 2 atom stereocenters. The van der Waals surface area contributed by atoms with Gasteiger partial charge in [0, 0.05) is 15.8 Å². The Balaban J connectivity index is 2.02. The van der Waals surface area contributed by atoms with Crippen molar-refractivity contribution in [1.29, 1.82) is 0 Å². The molecule has 16 heavy (non-hydrogen) atoms. The van der Waals surface area contributed by atoms with E-state index >= 15 is 0 Å². The Hall–Kier alpha value is -0.0600. The number of hydrogen-bond donors (Lipinski definition) is 1. The maximum absolute atomic E-state index is 12.9. The highest BCUT2D eigenvalue weighted by Crippen LogP contribution is 2.30. The zero-order valence-electron chi connectivity index (χ0n) is 8.96. The highest BCUT2D eigenvalue weighted by atomic mass is 79.9. The fourth-order valence-electron chi connectivity index (χ4n) is 2.01. The highest BCUT2D eigenvalue weighted by Gasteiger charge is 2.23. The van der Waals surface area contributed by atoms with Crippen LogP contribution in [0.3, 0.4) is 0 Å². The largest absolute Gasteiger partial charge is 0.326 e. The Morgan fingerprint density at radius 3 is 3.00 bits per heavy atom. The molecule has 88 valence electrons. The number of hydrogen-bond acceptors (Lipinski definition) is 2. The lowest BCUT2D eigenvalue weighted by Gasteiger charge is -2.18. The first kappa shape index (κ1) is 12.4. The molecule has 1 nitrogen and oxygen atoms in total. The third-order valence-corrected chi connectivity index (χ3v) is 5.19. The fourth-order valence-corrected chi connectivity index (χ4v) is 3.84. The molecule has 2 rings (SSSR count). The van der Waals surface area contributed by atoms with Gasteiger partial charge < -0.3 is 5.73 Å². The van der Waals surface area contributed by atoms with Crippen LogP contribution in [0.1, 0.15) is 18.4 Å². The van der Waals surface area contributed by atoms with Crippen molar-refractivity contribution >= 4 is 27.7 Å². The van der Waals surface area contributed by atoms with Crippen LogP contribution < -0.4 is 5.73 Å². The van der Waals surface area contributed by atoms with E-state index in [0.29, 0.717) is 5.25 Å². The van der Waals surface area contributed by atoms with Gasteiger partial charge in [0.25, 0.3) is 0 Å². The van der Waals surface area contributed by atoms with Crippen LogP contribution in [0.5, 0.6) is 0 Å². The maximum atomic E-state index is 12.9. The van der Waals surface area contributed by atoms with Crippen LogP contribution in [0.4, 0.5) is 4.39 Å². The number of nitrogens with two attached hydrogens (primary N) is 1. The number of rotatable bonds is 3. The lowest BCUT2D eigenvalue weighted by atomic mass is 10.0. The second-order valence-electron chi connectivity index (χ2n) is 4.16. The van der Waals surface area contributed by atoms with Crippen LogP contribution in [0.15, 0.2) is 22.7 Å². The Kier molecular flexibility index (Phi) is 4.27. The SMILES string of the molecule is NC(Cc1ccc(F)cc1Br)C1CCCS1. The van der Waals surface area contributed by atoms with E-state index in [1.165, 1.54) is 30.7 Å². The van der Waals surface area contributed by atoms with Crippen molar-refractivity contribution in [2.75, 3.05) is 5.75 Å². The second kappa shape index (κ2) is 5.52. The van der Waals surface area contributed by atoms with Crippen LogP contribution in [0, 0.1) is 5.82 Å². The van der Waals surface area contributed by atoms with Gasteiger partial charge in [-0.1, -0.05) is 22.0 Å². The highest BCUT2D eigenvalue weighted by molar-refractivity contribution is 9.10. The minimum atomic E-state index is -0.209. The van der Waals surface area contributed by atoms with E-state index in [9.17, 15) is 4.39 Å². The molecular formula is C12H15BrFNS. The van der Waals surface area contributed by atoms with E-state index in [0.717, 1.165) is 16.5 Å². The second-order valence-corrected chi connectivity index (χ2v) is 6.36. The van der Waals surface area contributed by atoms with E-state index in [1.807, 2.05) is 17.8 Å². The van der Waals surface area contributed by atoms with Crippen molar-refractivity contribution in [1.82, 2.24) is 0 Å². The van der Waals surface area contributed by atoms with Crippen LogP contribution in [-0.4, -0.2) is 17.0 Å². The summed E-state index contributed by atoms with van der Waals surface area (Å²) in [5, 5.41) is 0.567. The van der Waals surface area contributed by atoms with Gasteiger partial charge >= 0.3 is 0 Å². The molecule has 2 N–H and O–H groups in total. The monoisotopic (exact) mass is 303 g/mol. The Morgan fingerprint density at radius 2 is 2.38 bits per heavy atom. The summed E-state index contributed by atoms with van der Waals surface area (Å²) in [7, 11) is 0. The summed E-state index contributed by atoms with van der Waals surface area (Å²) in [4.78, 5) is 0. The van der Waals surface area contributed by atoms with Crippen LogP contribution in [-0.2, 0) is 6.42 Å². The van der Waals surface area contributed by atoms with Crippen molar-refractivity contribution in [3.63, 3.8) is 0 Å². The summed E-state index contributed by atoms with van der Waals surface area (Å²) < 4.78 is 13.7. The molecule has 0 radical (unpaired) electrons. The summed E-state index contributed by atoms with van der Waals surface area (Å²) in [6, 6.07) is 4.99. The van der Waals surface area contributed by atoms with E-state index in [2.05, 4.69) is 15.9 Å². The summed E-state index contributed by atoms with van der Waals surface area (Å²) in [5.41, 5.74) is 7.28. The van der Waals surface area contributed by atoms with Crippen molar-refractivity contribution in [3.8, 4) is 0 Å². The van der Waals surface area contributed by atoms with Gasteiger partial charge in [0.05, 0.1) is 0 Å². The predicted octanol–water partition coefficient (Wildman–Crippen LogP) is 3.35.